The lowest BCUT2D eigenvalue weighted by Crippen LogP contribution is -2.37. The number of carboxylic acid groups (broad SMARTS) is 1. The Bertz CT molecular complexity index is 233. The minimum atomic E-state index is -0.871. The van der Waals surface area contributed by atoms with Gasteiger partial charge in [0.25, 0.3) is 0 Å². The minimum Gasteiger partial charge on any atom is -0.480 e. The summed E-state index contributed by atoms with van der Waals surface area (Å²) in [5, 5.41) is 11.4. The summed E-state index contributed by atoms with van der Waals surface area (Å²) in [4.78, 5) is 21.6. The van der Waals surface area contributed by atoms with Crippen LogP contribution in [0.15, 0.2) is 0 Å². The van der Waals surface area contributed by atoms with E-state index < -0.39 is 12.0 Å². The molecule has 80 valence electrons. The molecule has 0 bridgehead atoms. The first-order chi connectivity index (χ1) is 6.63. The predicted molar refractivity (Wildman–Crippen MR) is 52.1 cm³/mol. The fraction of sp³-hybridized carbons (Fsp3) is 0.750. The molecule has 0 aliphatic carbocycles. The van der Waals surface area contributed by atoms with Crippen LogP contribution in [0.25, 0.3) is 0 Å². The van der Waals surface area contributed by atoms with Crippen LogP contribution in [-0.4, -0.2) is 40.8 Å². The predicted octanol–water partition coefficient (Wildman–Crippen LogP) is 0.0553. The number of esters is 1. The van der Waals surface area contributed by atoms with Crippen LogP contribution in [-0.2, 0) is 14.3 Å². The first-order valence-corrected chi connectivity index (χ1v) is 5.44. The average molecular weight is 219 g/mol. The van der Waals surface area contributed by atoms with Crippen LogP contribution in [0.1, 0.15) is 13.3 Å². The molecule has 2 unspecified atom stereocenters. The van der Waals surface area contributed by atoms with Crippen molar-refractivity contribution in [2.45, 2.75) is 24.8 Å². The zero-order chi connectivity index (χ0) is 10.6. The maximum Gasteiger partial charge on any atom is 0.321 e. The Morgan fingerprint density at radius 3 is 2.86 bits per heavy atom. The van der Waals surface area contributed by atoms with Gasteiger partial charge in [-0.25, -0.2) is 0 Å². The number of thioether (sulfide) groups is 1. The smallest absolute Gasteiger partial charge is 0.321 e. The largest absolute Gasteiger partial charge is 0.480 e. The molecule has 2 atom stereocenters. The van der Waals surface area contributed by atoms with E-state index in [0.29, 0.717) is 12.4 Å². The molecule has 0 aromatic carbocycles. The van der Waals surface area contributed by atoms with E-state index in [-0.39, 0.29) is 17.8 Å². The van der Waals surface area contributed by atoms with Gasteiger partial charge in [0.05, 0.1) is 18.4 Å². The lowest BCUT2D eigenvalue weighted by Gasteiger charge is -2.09. The summed E-state index contributed by atoms with van der Waals surface area (Å²) in [5.74, 6) is -0.660. The summed E-state index contributed by atoms with van der Waals surface area (Å²) in [5.41, 5.74) is 0. The minimum absolute atomic E-state index is 0.129. The van der Waals surface area contributed by atoms with E-state index in [2.05, 4.69) is 5.32 Å². The Hall–Kier alpha value is -0.750. The van der Waals surface area contributed by atoms with Gasteiger partial charge >= 0.3 is 11.9 Å². The van der Waals surface area contributed by atoms with Gasteiger partial charge < -0.3 is 9.84 Å². The summed E-state index contributed by atoms with van der Waals surface area (Å²) in [6, 6.07) is -0.542. The monoisotopic (exact) mass is 219 g/mol. The third-order valence-electron chi connectivity index (χ3n) is 1.81. The Morgan fingerprint density at radius 1 is 1.64 bits per heavy atom. The first kappa shape index (κ1) is 11.3. The molecule has 6 heteroatoms. The third-order valence-corrected chi connectivity index (χ3v) is 3.04. The van der Waals surface area contributed by atoms with E-state index in [1.54, 1.807) is 6.92 Å². The van der Waals surface area contributed by atoms with Crippen LogP contribution in [0.2, 0.25) is 0 Å². The molecular formula is C8H13NO4S. The topological polar surface area (TPSA) is 75.6 Å². The fourth-order valence-electron chi connectivity index (χ4n) is 1.16. The van der Waals surface area contributed by atoms with Crippen molar-refractivity contribution in [2.24, 2.45) is 0 Å². The Morgan fingerprint density at radius 2 is 2.36 bits per heavy atom. The van der Waals surface area contributed by atoms with Gasteiger partial charge in [0, 0.05) is 5.75 Å². The van der Waals surface area contributed by atoms with Crippen molar-refractivity contribution in [1.29, 1.82) is 0 Å². The van der Waals surface area contributed by atoms with Gasteiger partial charge in [0.1, 0.15) is 6.04 Å². The second-order valence-electron chi connectivity index (χ2n) is 2.89. The van der Waals surface area contributed by atoms with E-state index in [9.17, 15) is 9.59 Å². The summed E-state index contributed by atoms with van der Waals surface area (Å²) >= 11 is 1.44. The fourth-order valence-corrected chi connectivity index (χ4v) is 2.34. The van der Waals surface area contributed by atoms with Crippen molar-refractivity contribution in [1.82, 2.24) is 5.32 Å². The van der Waals surface area contributed by atoms with E-state index in [0.717, 1.165) is 0 Å². The van der Waals surface area contributed by atoms with Gasteiger partial charge in [-0.1, -0.05) is 0 Å². The summed E-state index contributed by atoms with van der Waals surface area (Å²) in [6.07, 6.45) is 0.224. The maximum atomic E-state index is 11.1. The molecule has 1 rings (SSSR count). The number of nitrogens with one attached hydrogen (secondary N) is 1. The highest BCUT2D eigenvalue weighted by molar-refractivity contribution is 8.00. The van der Waals surface area contributed by atoms with E-state index in [4.69, 9.17) is 9.84 Å². The van der Waals surface area contributed by atoms with Crippen molar-refractivity contribution in [3.05, 3.63) is 0 Å². The van der Waals surface area contributed by atoms with Gasteiger partial charge in [0.2, 0.25) is 0 Å². The number of hydrogen-bond donors (Lipinski definition) is 2. The quantitative estimate of drug-likeness (QED) is 0.651. The standard InChI is InChI=1S/C8H13NO4S/c1-2-13-7(10)3-6-9-5(4-14-6)8(11)12/h5-6,9H,2-4H2,1H3,(H,11,12). The number of rotatable bonds is 4. The van der Waals surface area contributed by atoms with E-state index >= 15 is 0 Å². The molecule has 0 aromatic heterocycles. The molecule has 2 N–H and O–H groups in total. The number of aliphatic carboxylic acids is 1. The highest BCUT2D eigenvalue weighted by atomic mass is 32.2. The molecule has 1 heterocycles. The Kier molecular flexibility index (Phi) is 4.21. The molecule has 5 nitrogen and oxygen atoms in total. The van der Waals surface area contributed by atoms with Crippen molar-refractivity contribution >= 4 is 23.7 Å². The molecular weight excluding hydrogens is 206 g/mol. The SMILES string of the molecule is CCOC(=O)CC1NC(C(=O)O)CS1. The second kappa shape index (κ2) is 5.21. The van der Waals surface area contributed by atoms with Gasteiger partial charge in [-0.3, -0.25) is 14.9 Å². The Labute approximate surface area is 86.2 Å². The number of carbonyl (C=O) groups excluding carboxylic acids is 1. The molecule has 0 spiro atoms. The second-order valence-corrected chi connectivity index (χ2v) is 4.12. The third kappa shape index (κ3) is 3.19. The van der Waals surface area contributed by atoms with Gasteiger partial charge in [-0.05, 0) is 6.92 Å². The molecule has 14 heavy (non-hydrogen) atoms. The molecule has 1 aliphatic heterocycles. The molecule has 1 saturated heterocycles. The molecule has 0 radical (unpaired) electrons. The van der Waals surface area contributed by atoms with Crippen molar-refractivity contribution in [2.75, 3.05) is 12.4 Å². The van der Waals surface area contributed by atoms with E-state index in [1.807, 2.05) is 0 Å². The molecule has 0 aromatic rings. The van der Waals surface area contributed by atoms with Crippen LogP contribution in [0.5, 0.6) is 0 Å². The van der Waals surface area contributed by atoms with Crippen LogP contribution in [0.4, 0.5) is 0 Å². The summed E-state index contributed by atoms with van der Waals surface area (Å²) < 4.78 is 4.76. The summed E-state index contributed by atoms with van der Waals surface area (Å²) in [7, 11) is 0. The van der Waals surface area contributed by atoms with E-state index in [1.165, 1.54) is 11.8 Å². The van der Waals surface area contributed by atoms with Crippen molar-refractivity contribution < 1.29 is 19.4 Å². The van der Waals surface area contributed by atoms with Crippen LogP contribution < -0.4 is 5.32 Å². The zero-order valence-corrected chi connectivity index (χ0v) is 8.67. The van der Waals surface area contributed by atoms with Crippen LogP contribution in [0, 0.1) is 0 Å². The van der Waals surface area contributed by atoms with Crippen LogP contribution >= 0.6 is 11.8 Å². The lowest BCUT2D eigenvalue weighted by atomic mass is 10.3. The van der Waals surface area contributed by atoms with Crippen molar-refractivity contribution in [3.8, 4) is 0 Å². The van der Waals surface area contributed by atoms with Crippen molar-refractivity contribution in [3.63, 3.8) is 0 Å². The van der Waals surface area contributed by atoms with Crippen LogP contribution in [0.3, 0.4) is 0 Å². The normalized spacial score (nSPS) is 26.1. The van der Waals surface area contributed by atoms with Gasteiger partial charge in [-0.15, -0.1) is 11.8 Å². The van der Waals surface area contributed by atoms with Gasteiger partial charge in [-0.2, -0.15) is 0 Å². The lowest BCUT2D eigenvalue weighted by molar-refractivity contribution is -0.144. The number of carbonyl (C=O) groups is 2. The molecule has 1 fully saturated rings. The summed E-state index contributed by atoms with van der Waals surface area (Å²) in [6.45, 7) is 2.10. The maximum absolute atomic E-state index is 11.1. The number of carboxylic acids is 1. The molecule has 1 aliphatic rings. The first-order valence-electron chi connectivity index (χ1n) is 4.39. The number of hydrogen-bond acceptors (Lipinski definition) is 5. The zero-order valence-electron chi connectivity index (χ0n) is 7.86. The Balaban J connectivity index is 2.28. The molecule has 0 saturated carbocycles. The molecule has 0 amide bonds. The van der Waals surface area contributed by atoms with Gasteiger partial charge in [0.15, 0.2) is 0 Å². The highest BCUT2D eigenvalue weighted by Crippen LogP contribution is 2.21. The average Bonchev–Trinajstić information content (AvgIpc) is 2.53. The number of ether oxygens (including phenoxy) is 1. The highest BCUT2D eigenvalue weighted by Gasteiger charge is 2.30.